The molecule has 1 unspecified atom stereocenters. The Bertz CT molecular complexity index is 567. The summed E-state index contributed by atoms with van der Waals surface area (Å²) in [5.74, 6) is 0.964. The third-order valence-corrected chi connectivity index (χ3v) is 3.55. The van der Waals surface area contributed by atoms with Gasteiger partial charge in [-0.1, -0.05) is 15.9 Å². The number of anilines is 1. The Kier molecular flexibility index (Phi) is 2.99. The maximum Gasteiger partial charge on any atom is 0.124 e. The van der Waals surface area contributed by atoms with Crippen LogP contribution in [0.1, 0.15) is 18.0 Å². The lowest BCUT2D eigenvalue weighted by Gasteiger charge is -2.27. The first-order valence-corrected chi connectivity index (χ1v) is 6.69. The van der Waals surface area contributed by atoms with E-state index in [9.17, 15) is 0 Å². The molecular weight excluding hydrogens is 294 g/mol. The Morgan fingerprint density at radius 1 is 1.50 bits per heavy atom. The minimum Gasteiger partial charge on any atom is -0.493 e. The van der Waals surface area contributed by atoms with Crippen LogP contribution >= 0.6 is 15.9 Å². The summed E-state index contributed by atoms with van der Waals surface area (Å²) >= 11 is 3.51. The Labute approximate surface area is 114 Å². The first kappa shape index (κ1) is 11.6. The molecule has 1 aromatic heterocycles. The predicted octanol–water partition coefficient (Wildman–Crippen LogP) is 3.12. The van der Waals surface area contributed by atoms with Gasteiger partial charge in [0.2, 0.25) is 0 Å². The lowest BCUT2D eigenvalue weighted by molar-refractivity contribution is 0.274. The number of aromatic nitrogens is 2. The molecule has 1 N–H and O–H groups in total. The lowest BCUT2D eigenvalue weighted by atomic mass is 10.0. The second kappa shape index (κ2) is 4.65. The number of benzene rings is 1. The normalized spacial score (nSPS) is 18.0. The van der Waals surface area contributed by atoms with Crippen molar-refractivity contribution in [1.29, 1.82) is 0 Å². The van der Waals surface area contributed by atoms with E-state index in [0.29, 0.717) is 0 Å². The van der Waals surface area contributed by atoms with Gasteiger partial charge in [-0.05, 0) is 18.2 Å². The minimum atomic E-state index is 0.274. The fourth-order valence-corrected chi connectivity index (χ4v) is 2.59. The number of aryl methyl sites for hydroxylation is 1. The summed E-state index contributed by atoms with van der Waals surface area (Å²) in [6.07, 6.45) is 4.78. The van der Waals surface area contributed by atoms with E-state index < -0.39 is 0 Å². The fraction of sp³-hybridized carbons (Fsp3) is 0.308. The maximum atomic E-state index is 5.67. The topological polar surface area (TPSA) is 39.1 Å². The quantitative estimate of drug-likeness (QED) is 0.926. The van der Waals surface area contributed by atoms with E-state index in [1.807, 2.05) is 31.6 Å². The van der Waals surface area contributed by atoms with Gasteiger partial charge in [-0.3, -0.25) is 4.68 Å². The number of hydrogen-bond donors (Lipinski definition) is 1. The molecule has 5 heteroatoms. The SMILES string of the molecule is Cn1cc(NC2CCOc3ccc(Br)cc32)cn1. The zero-order chi connectivity index (χ0) is 12.5. The molecule has 1 aliphatic heterocycles. The van der Waals surface area contributed by atoms with Crippen LogP contribution in [0, 0.1) is 0 Å². The molecule has 94 valence electrons. The molecule has 1 aliphatic rings. The van der Waals surface area contributed by atoms with Gasteiger partial charge in [-0.15, -0.1) is 0 Å². The molecule has 18 heavy (non-hydrogen) atoms. The molecule has 1 aromatic carbocycles. The smallest absolute Gasteiger partial charge is 0.124 e. The molecule has 3 rings (SSSR count). The van der Waals surface area contributed by atoms with Crippen LogP contribution in [0.2, 0.25) is 0 Å². The van der Waals surface area contributed by atoms with Gasteiger partial charge in [-0.2, -0.15) is 5.10 Å². The molecule has 0 saturated heterocycles. The Morgan fingerprint density at radius 2 is 2.39 bits per heavy atom. The van der Waals surface area contributed by atoms with Crippen LogP contribution in [-0.4, -0.2) is 16.4 Å². The molecule has 0 bridgehead atoms. The summed E-state index contributed by atoms with van der Waals surface area (Å²) < 4.78 is 8.54. The second-order valence-electron chi connectivity index (χ2n) is 4.42. The number of fused-ring (bicyclic) bond motifs is 1. The highest BCUT2D eigenvalue weighted by Crippen LogP contribution is 2.35. The van der Waals surface area contributed by atoms with E-state index in [0.717, 1.165) is 28.9 Å². The maximum absolute atomic E-state index is 5.67. The summed E-state index contributed by atoms with van der Waals surface area (Å²) in [4.78, 5) is 0. The van der Waals surface area contributed by atoms with Crippen molar-refractivity contribution in [2.75, 3.05) is 11.9 Å². The van der Waals surface area contributed by atoms with Crippen molar-refractivity contribution in [3.05, 3.63) is 40.6 Å². The molecule has 4 nitrogen and oxygen atoms in total. The van der Waals surface area contributed by atoms with Crippen molar-refractivity contribution in [3.63, 3.8) is 0 Å². The van der Waals surface area contributed by atoms with Crippen LogP contribution < -0.4 is 10.1 Å². The van der Waals surface area contributed by atoms with E-state index >= 15 is 0 Å². The number of rotatable bonds is 2. The van der Waals surface area contributed by atoms with E-state index in [1.165, 1.54) is 5.56 Å². The van der Waals surface area contributed by atoms with Gasteiger partial charge in [-0.25, -0.2) is 0 Å². The standard InChI is InChI=1S/C13H14BrN3O/c1-17-8-10(7-15-17)16-12-4-5-18-13-3-2-9(14)6-11(12)13/h2-3,6-8,12,16H,4-5H2,1H3. The Hall–Kier alpha value is -1.49. The lowest BCUT2D eigenvalue weighted by Crippen LogP contribution is -2.20. The molecule has 2 heterocycles. The van der Waals surface area contributed by atoms with Crippen LogP contribution in [0.25, 0.3) is 0 Å². The van der Waals surface area contributed by atoms with Gasteiger partial charge in [0.1, 0.15) is 5.75 Å². The van der Waals surface area contributed by atoms with Gasteiger partial charge in [0, 0.05) is 29.7 Å². The summed E-state index contributed by atoms with van der Waals surface area (Å²) in [5, 5.41) is 7.67. The third kappa shape index (κ3) is 2.22. The van der Waals surface area contributed by atoms with Gasteiger partial charge in [0.25, 0.3) is 0 Å². The van der Waals surface area contributed by atoms with Crippen molar-refractivity contribution in [3.8, 4) is 5.75 Å². The van der Waals surface area contributed by atoms with Gasteiger partial charge < -0.3 is 10.1 Å². The number of nitrogens with one attached hydrogen (secondary N) is 1. The first-order chi connectivity index (χ1) is 8.72. The molecule has 1 atom stereocenters. The van der Waals surface area contributed by atoms with Crippen LogP contribution in [-0.2, 0) is 7.05 Å². The van der Waals surface area contributed by atoms with E-state index in [1.54, 1.807) is 4.68 Å². The highest BCUT2D eigenvalue weighted by atomic mass is 79.9. The monoisotopic (exact) mass is 307 g/mol. The minimum absolute atomic E-state index is 0.274. The van der Waals surface area contributed by atoms with Crippen LogP contribution in [0.15, 0.2) is 35.1 Å². The van der Waals surface area contributed by atoms with Crippen molar-refractivity contribution in [1.82, 2.24) is 9.78 Å². The molecular formula is C13H14BrN3O. The highest BCUT2D eigenvalue weighted by Gasteiger charge is 2.21. The summed E-state index contributed by atoms with van der Waals surface area (Å²) in [6, 6.07) is 6.40. The molecule has 0 aliphatic carbocycles. The van der Waals surface area contributed by atoms with Crippen molar-refractivity contribution in [2.24, 2.45) is 7.05 Å². The number of halogens is 1. The number of ether oxygens (including phenoxy) is 1. The number of nitrogens with zero attached hydrogens (tertiary/aromatic N) is 2. The van der Waals surface area contributed by atoms with Gasteiger partial charge >= 0.3 is 0 Å². The highest BCUT2D eigenvalue weighted by molar-refractivity contribution is 9.10. The molecule has 0 spiro atoms. The zero-order valence-corrected chi connectivity index (χ0v) is 11.6. The number of hydrogen-bond acceptors (Lipinski definition) is 3. The Morgan fingerprint density at radius 3 is 3.17 bits per heavy atom. The van der Waals surface area contributed by atoms with Gasteiger partial charge in [0.15, 0.2) is 0 Å². The molecule has 0 fully saturated rings. The summed E-state index contributed by atoms with van der Waals surface area (Å²) in [7, 11) is 1.92. The summed E-state index contributed by atoms with van der Waals surface area (Å²) in [6.45, 7) is 0.743. The molecule has 0 radical (unpaired) electrons. The second-order valence-corrected chi connectivity index (χ2v) is 5.33. The zero-order valence-electron chi connectivity index (χ0n) is 10.1. The largest absolute Gasteiger partial charge is 0.493 e. The molecule has 2 aromatic rings. The van der Waals surface area contributed by atoms with Crippen LogP contribution in [0.3, 0.4) is 0 Å². The summed E-state index contributed by atoms with van der Waals surface area (Å²) in [5.41, 5.74) is 2.23. The van der Waals surface area contributed by atoms with E-state index in [2.05, 4.69) is 32.4 Å². The van der Waals surface area contributed by atoms with E-state index in [4.69, 9.17) is 4.74 Å². The van der Waals surface area contributed by atoms with Crippen molar-refractivity contribution < 1.29 is 4.74 Å². The molecule has 0 saturated carbocycles. The van der Waals surface area contributed by atoms with Gasteiger partial charge in [0.05, 0.1) is 24.5 Å². The molecule has 0 amide bonds. The Balaban J connectivity index is 1.88. The fourth-order valence-electron chi connectivity index (χ4n) is 2.21. The van der Waals surface area contributed by atoms with Crippen molar-refractivity contribution in [2.45, 2.75) is 12.5 Å². The predicted molar refractivity (Wildman–Crippen MR) is 73.8 cm³/mol. The van der Waals surface area contributed by atoms with Crippen LogP contribution in [0.5, 0.6) is 5.75 Å². The average molecular weight is 308 g/mol. The van der Waals surface area contributed by atoms with E-state index in [-0.39, 0.29) is 6.04 Å². The van der Waals surface area contributed by atoms with Crippen LogP contribution in [0.4, 0.5) is 5.69 Å². The third-order valence-electron chi connectivity index (χ3n) is 3.06. The first-order valence-electron chi connectivity index (χ1n) is 5.90. The average Bonchev–Trinajstić information content (AvgIpc) is 2.76. The van der Waals surface area contributed by atoms with Crippen molar-refractivity contribution >= 4 is 21.6 Å².